The second kappa shape index (κ2) is 3.63. The molecule has 2 heterocycles. The molecule has 0 radical (unpaired) electrons. The van der Waals surface area contributed by atoms with Gasteiger partial charge in [0, 0.05) is 25.6 Å². The molecule has 0 bridgehead atoms. The monoisotopic (exact) mass is 220 g/mol. The summed E-state index contributed by atoms with van der Waals surface area (Å²) in [7, 11) is 0. The minimum Gasteiger partial charge on any atom is -0.469 e. The number of carbonyl (C=O) groups excluding carboxylic acids is 1. The Bertz CT molecular complexity index is 403. The molecule has 2 N–H and O–H groups in total. The number of nitrogens with one attached hydrogen (secondary N) is 2. The van der Waals surface area contributed by atoms with Crippen molar-refractivity contribution >= 4 is 5.91 Å². The number of hydrogen-bond donors (Lipinski definition) is 2. The summed E-state index contributed by atoms with van der Waals surface area (Å²) in [6, 6.07) is 2.14. The Morgan fingerprint density at radius 1 is 1.56 bits per heavy atom. The van der Waals surface area contributed by atoms with Gasteiger partial charge < -0.3 is 15.1 Å². The molecule has 16 heavy (non-hydrogen) atoms. The highest BCUT2D eigenvalue weighted by Crippen LogP contribution is 2.41. The Morgan fingerprint density at radius 3 is 3.00 bits per heavy atom. The van der Waals surface area contributed by atoms with Crippen molar-refractivity contribution in [3.8, 4) is 0 Å². The third-order valence-corrected chi connectivity index (χ3v) is 3.70. The lowest BCUT2D eigenvalue weighted by molar-refractivity contribution is 0.0944. The van der Waals surface area contributed by atoms with Crippen LogP contribution in [0, 0.1) is 11.8 Å². The molecular formula is C12H16N2O2. The quantitative estimate of drug-likeness (QED) is 0.792. The van der Waals surface area contributed by atoms with Gasteiger partial charge in [-0.05, 0) is 17.9 Å². The summed E-state index contributed by atoms with van der Waals surface area (Å²) in [6.45, 7) is 4.08. The van der Waals surface area contributed by atoms with Gasteiger partial charge >= 0.3 is 0 Å². The summed E-state index contributed by atoms with van der Waals surface area (Å²) in [5, 5.41) is 6.41. The van der Waals surface area contributed by atoms with Crippen LogP contribution in [-0.4, -0.2) is 25.0 Å². The van der Waals surface area contributed by atoms with Gasteiger partial charge in [-0.15, -0.1) is 0 Å². The van der Waals surface area contributed by atoms with E-state index in [0.717, 1.165) is 25.3 Å². The molecular weight excluding hydrogens is 204 g/mol. The number of fused-ring (bicyclic) bond motifs is 1. The molecule has 1 saturated heterocycles. The average Bonchev–Trinajstić information content (AvgIpc) is 2.81. The Balaban J connectivity index is 1.66. The first kappa shape index (κ1) is 9.90. The van der Waals surface area contributed by atoms with Crippen LogP contribution in [0.5, 0.6) is 0 Å². The molecule has 86 valence electrons. The molecule has 2 atom stereocenters. The van der Waals surface area contributed by atoms with Crippen LogP contribution in [0.15, 0.2) is 16.7 Å². The van der Waals surface area contributed by atoms with E-state index in [9.17, 15) is 4.79 Å². The third-order valence-electron chi connectivity index (χ3n) is 3.70. The Morgan fingerprint density at radius 2 is 2.31 bits per heavy atom. The number of piperidine rings is 1. The zero-order chi connectivity index (χ0) is 11.1. The molecule has 4 heteroatoms. The van der Waals surface area contributed by atoms with Gasteiger partial charge in [0.2, 0.25) is 0 Å². The normalized spacial score (nSPS) is 31.2. The number of furan rings is 1. The molecule has 1 amide bonds. The first-order valence-corrected chi connectivity index (χ1v) is 5.89. The lowest BCUT2D eigenvalue weighted by Gasteiger charge is -2.07. The first-order chi connectivity index (χ1) is 7.81. The van der Waals surface area contributed by atoms with Gasteiger partial charge in [0.1, 0.15) is 5.76 Å². The van der Waals surface area contributed by atoms with E-state index in [-0.39, 0.29) is 5.91 Å². The van der Waals surface area contributed by atoms with Gasteiger partial charge in [0.05, 0.1) is 11.8 Å². The highest BCUT2D eigenvalue weighted by Gasteiger charge is 2.53. The largest absolute Gasteiger partial charge is 0.469 e. The Kier molecular flexibility index (Phi) is 2.24. The molecule has 1 aromatic heterocycles. The average molecular weight is 220 g/mol. The maximum absolute atomic E-state index is 12.0. The van der Waals surface area contributed by atoms with E-state index in [4.69, 9.17) is 4.42 Å². The van der Waals surface area contributed by atoms with E-state index in [1.54, 1.807) is 12.3 Å². The number of rotatable bonds is 3. The minimum absolute atomic E-state index is 0.0185. The van der Waals surface area contributed by atoms with Gasteiger partial charge in [-0.1, -0.05) is 6.92 Å². The van der Waals surface area contributed by atoms with Crippen molar-refractivity contribution in [2.24, 2.45) is 11.8 Å². The molecule has 4 nitrogen and oxygen atoms in total. The molecule has 1 aliphatic heterocycles. The van der Waals surface area contributed by atoms with Crippen LogP contribution in [0.3, 0.4) is 0 Å². The molecule has 1 aromatic rings. The van der Waals surface area contributed by atoms with Crippen molar-refractivity contribution in [2.75, 3.05) is 13.1 Å². The maximum atomic E-state index is 12.0. The van der Waals surface area contributed by atoms with Crippen LogP contribution in [0.25, 0.3) is 0 Å². The second-order valence-corrected chi connectivity index (χ2v) is 4.60. The van der Waals surface area contributed by atoms with Crippen molar-refractivity contribution in [1.82, 2.24) is 10.6 Å². The highest BCUT2D eigenvalue weighted by molar-refractivity contribution is 5.95. The molecule has 2 fully saturated rings. The fraction of sp³-hybridized carbons (Fsp3) is 0.583. The zero-order valence-corrected chi connectivity index (χ0v) is 9.32. The molecule has 0 aromatic carbocycles. The SMILES string of the molecule is CCc1occc1C(=O)NC1C2CNCC21. The van der Waals surface area contributed by atoms with Crippen molar-refractivity contribution < 1.29 is 9.21 Å². The van der Waals surface area contributed by atoms with Crippen LogP contribution in [-0.2, 0) is 6.42 Å². The first-order valence-electron chi connectivity index (χ1n) is 5.89. The van der Waals surface area contributed by atoms with Crippen molar-refractivity contribution in [3.05, 3.63) is 23.7 Å². The predicted molar refractivity (Wildman–Crippen MR) is 59.2 cm³/mol. The fourth-order valence-corrected chi connectivity index (χ4v) is 2.68. The second-order valence-electron chi connectivity index (χ2n) is 4.60. The van der Waals surface area contributed by atoms with Crippen LogP contribution < -0.4 is 10.6 Å². The van der Waals surface area contributed by atoms with Gasteiger partial charge in [0.15, 0.2) is 0 Å². The van der Waals surface area contributed by atoms with Crippen LogP contribution in [0.4, 0.5) is 0 Å². The maximum Gasteiger partial charge on any atom is 0.255 e. The minimum atomic E-state index is 0.0185. The van der Waals surface area contributed by atoms with Crippen LogP contribution in [0.2, 0.25) is 0 Å². The van der Waals surface area contributed by atoms with E-state index in [1.165, 1.54) is 0 Å². The summed E-state index contributed by atoms with van der Waals surface area (Å²) < 4.78 is 5.26. The molecule has 2 aliphatic rings. The highest BCUT2D eigenvalue weighted by atomic mass is 16.3. The topological polar surface area (TPSA) is 54.3 Å². The summed E-state index contributed by atoms with van der Waals surface area (Å²) >= 11 is 0. The lowest BCUT2D eigenvalue weighted by atomic mass is 10.2. The summed E-state index contributed by atoms with van der Waals surface area (Å²) in [6.07, 6.45) is 2.35. The number of hydrogen-bond acceptors (Lipinski definition) is 3. The van der Waals surface area contributed by atoms with Crippen molar-refractivity contribution in [2.45, 2.75) is 19.4 Å². The number of amides is 1. The van der Waals surface area contributed by atoms with Crippen LogP contribution >= 0.6 is 0 Å². The van der Waals surface area contributed by atoms with Gasteiger partial charge in [-0.3, -0.25) is 4.79 Å². The predicted octanol–water partition coefficient (Wildman–Crippen LogP) is 0.790. The Labute approximate surface area is 94.4 Å². The van der Waals surface area contributed by atoms with Crippen LogP contribution in [0.1, 0.15) is 23.0 Å². The summed E-state index contributed by atoms with van der Waals surface area (Å²) in [5.41, 5.74) is 0.695. The van der Waals surface area contributed by atoms with Gasteiger partial charge in [-0.25, -0.2) is 0 Å². The Hall–Kier alpha value is -1.29. The van der Waals surface area contributed by atoms with E-state index in [2.05, 4.69) is 10.6 Å². The van der Waals surface area contributed by atoms with Crippen molar-refractivity contribution in [1.29, 1.82) is 0 Å². The van der Waals surface area contributed by atoms with Gasteiger partial charge in [0.25, 0.3) is 5.91 Å². The lowest BCUT2D eigenvalue weighted by Crippen LogP contribution is -2.32. The van der Waals surface area contributed by atoms with Gasteiger partial charge in [-0.2, -0.15) is 0 Å². The molecule has 1 aliphatic carbocycles. The van der Waals surface area contributed by atoms with E-state index in [0.29, 0.717) is 23.4 Å². The summed E-state index contributed by atoms with van der Waals surface area (Å²) in [5.74, 6) is 2.10. The van der Waals surface area contributed by atoms with E-state index >= 15 is 0 Å². The fourth-order valence-electron chi connectivity index (χ4n) is 2.68. The molecule has 3 rings (SSSR count). The molecule has 0 spiro atoms. The number of carbonyl (C=O) groups is 1. The van der Waals surface area contributed by atoms with E-state index < -0.39 is 0 Å². The summed E-state index contributed by atoms with van der Waals surface area (Å²) in [4.78, 5) is 12.0. The number of aryl methyl sites for hydroxylation is 1. The smallest absolute Gasteiger partial charge is 0.255 e. The third kappa shape index (κ3) is 1.45. The molecule has 1 saturated carbocycles. The van der Waals surface area contributed by atoms with Crippen molar-refractivity contribution in [3.63, 3.8) is 0 Å². The standard InChI is InChI=1S/C12H16N2O2/c1-2-10-7(3-4-16-10)12(15)14-11-8-5-13-6-9(8)11/h3-4,8-9,11,13H,2,5-6H2,1H3,(H,14,15). The van der Waals surface area contributed by atoms with E-state index in [1.807, 2.05) is 6.92 Å². The molecule has 2 unspecified atom stereocenters. The zero-order valence-electron chi connectivity index (χ0n) is 9.32.